The molecule has 3 rings (SSSR count). The van der Waals surface area contributed by atoms with Gasteiger partial charge >= 0.3 is 0 Å². The predicted octanol–water partition coefficient (Wildman–Crippen LogP) is 3.83. The Kier molecular flexibility index (Phi) is 3.77. The van der Waals surface area contributed by atoms with Crippen LogP contribution in [0.3, 0.4) is 0 Å². The molecule has 0 aliphatic carbocycles. The number of anilines is 1. The van der Waals surface area contributed by atoms with E-state index in [1.54, 1.807) is 0 Å². The summed E-state index contributed by atoms with van der Waals surface area (Å²) in [5.41, 5.74) is 3.96. The highest BCUT2D eigenvalue weighted by atomic mass is 16.5. The molecule has 21 heavy (non-hydrogen) atoms. The Balaban J connectivity index is 2.05. The molecule has 0 spiro atoms. The van der Waals surface area contributed by atoms with Crippen LogP contribution in [0.15, 0.2) is 48.8 Å². The number of benzene rings is 1. The number of nitrogens with zero attached hydrogens (tertiary/aromatic N) is 2. The third-order valence-electron chi connectivity index (χ3n) is 3.29. The van der Waals surface area contributed by atoms with Gasteiger partial charge in [0, 0.05) is 24.5 Å². The van der Waals surface area contributed by atoms with Crippen LogP contribution in [0.4, 0.5) is 5.69 Å². The number of fused-ring (bicyclic) bond motifs is 1. The maximum atomic E-state index is 5.69. The summed E-state index contributed by atoms with van der Waals surface area (Å²) in [5.74, 6) is 0.871. The molecular weight excluding hydrogens is 262 g/mol. The fraction of sp³-hybridized carbons (Fsp3) is 0.235. The lowest BCUT2D eigenvalue weighted by Crippen LogP contribution is -1.97. The van der Waals surface area contributed by atoms with E-state index >= 15 is 0 Å². The van der Waals surface area contributed by atoms with Gasteiger partial charge in [-0.2, -0.15) is 0 Å². The van der Waals surface area contributed by atoms with Crippen LogP contribution >= 0.6 is 0 Å². The summed E-state index contributed by atoms with van der Waals surface area (Å²) in [4.78, 5) is 4.68. The minimum absolute atomic E-state index is 0.648. The normalized spacial score (nSPS) is 10.8. The summed E-state index contributed by atoms with van der Waals surface area (Å²) in [6.45, 7) is 5.63. The minimum Gasteiger partial charge on any atom is -0.493 e. The molecule has 3 aromatic rings. The lowest BCUT2D eigenvalue weighted by molar-refractivity contribution is 0.341. The first-order chi connectivity index (χ1) is 10.3. The van der Waals surface area contributed by atoms with Crippen molar-refractivity contribution in [1.29, 1.82) is 0 Å². The second-order valence-electron chi connectivity index (χ2n) is 4.77. The van der Waals surface area contributed by atoms with Crippen LogP contribution in [0.5, 0.6) is 5.75 Å². The van der Waals surface area contributed by atoms with Crippen LogP contribution in [0, 0.1) is 0 Å². The van der Waals surface area contributed by atoms with Crippen molar-refractivity contribution in [3.63, 3.8) is 0 Å². The molecule has 0 aliphatic rings. The average Bonchev–Trinajstić information content (AvgIpc) is 2.91. The van der Waals surface area contributed by atoms with Gasteiger partial charge in [0.1, 0.15) is 11.4 Å². The molecule has 0 amide bonds. The van der Waals surface area contributed by atoms with Crippen molar-refractivity contribution in [2.45, 2.75) is 13.8 Å². The Hall–Kier alpha value is -2.49. The van der Waals surface area contributed by atoms with Crippen molar-refractivity contribution in [2.24, 2.45) is 0 Å². The Morgan fingerprint density at radius 1 is 1.10 bits per heavy atom. The summed E-state index contributed by atoms with van der Waals surface area (Å²) in [7, 11) is 0. The molecule has 1 N–H and O–H groups in total. The topological polar surface area (TPSA) is 38.6 Å². The number of hydrogen-bond donors (Lipinski definition) is 1. The van der Waals surface area contributed by atoms with Gasteiger partial charge in [0.25, 0.3) is 0 Å². The largest absolute Gasteiger partial charge is 0.493 e. The van der Waals surface area contributed by atoms with E-state index in [4.69, 9.17) is 4.74 Å². The molecule has 108 valence electrons. The molecule has 0 bridgehead atoms. The Morgan fingerprint density at radius 2 is 1.95 bits per heavy atom. The first-order valence-corrected chi connectivity index (χ1v) is 7.26. The Labute approximate surface area is 124 Å². The number of rotatable bonds is 5. The number of para-hydroxylation sites is 1. The van der Waals surface area contributed by atoms with Crippen LogP contribution in [0.25, 0.3) is 16.9 Å². The van der Waals surface area contributed by atoms with Crippen LogP contribution < -0.4 is 10.1 Å². The van der Waals surface area contributed by atoms with E-state index in [9.17, 15) is 0 Å². The zero-order valence-corrected chi connectivity index (χ0v) is 12.3. The highest BCUT2D eigenvalue weighted by Gasteiger charge is 2.09. The van der Waals surface area contributed by atoms with E-state index in [0.29, 0.717) is 6.61 Å². The monoisotopic (exact) mass is 281 g/mol. The molecule has 2 aromatic heterocycles. The fourth-order valence-corrected chi connectivity index (χ4v) is 2.39. The number of ether oxygens (including phenoxy) is 1. The highest BCUT2D eigenvalue weighted by molar-refractivity contribution is 5.69. The van der Waals surface area contributed by atoms with Gasteiger partial charge in [-0.05, 0) is 38.1 Å². The van der Waals surface area contributed by atoms with E-state index < -0.39 is 0 Å². The molecule has 0 saturated carbocycles. The lowest BCUT2D eigenvalue weighted by Gasteiger charge is -2.07. The second-order valence-corrected chi connectivity index (χ2v) is 4.77. The first-order valence-electron chi connectivity index (χ1n) is 7.26. The van der Waals surface area contributed by atoms with Gasteiger partial charge < -0.3 is 14.5 Å². The van der Waals surface area contributed by atoms with Crippen molar-refractivity contribution in [3.8, 4) is 17.0 Å². The zero-order valence-electron chi connectivity index (χ0n) is 12.3. The van der Waals surface area contributed by atoms with E-state index in [1.807, 2.05) is 53.9 Å². The molecule has 1 aromatic carbocycles. The van der Waals surface area contributed by atoms with Gasteiger partial charge in [-0.3, -0.25) is 0 Å². The van der Waals surface area contributed by atoms with Crippen molar-refractivity contribution in [3.05, 3.63) is 48.8 Å². The summed E-state index contributed by atoms with van der Waals surface area (Å²) in [5, 5.41) is 3.31. The van der Waals surface area contributed by atoms with Gasteiger partial charge in [0.2, 0.25) is 0 Å². The van der Waals surface area contributed by atoms with E-state index in [2.05, 4.69) is 23.4 Å². The number of aromatic nitrogens is 2. The predicted molar refractivity (Wildman–Crippen MR) is 86.0 cm³/mol. The molecule has 0 unspecified atom stereocenters. The SMILES string of the molecule is CCNc1ccc2nc(-c3ccccc3OCC)cn2c1. The first kappa shape index (κ1) is 13.5. The van der Waals surface area contributed by atoms with E-state index in [0.717, 1.165) is 34.9 Å². The number of nitrogens with one attached hydrogen (secondary N) is 1. The lowest BCUT2D eigenvalue weighted by atomic mass is 10.1. The molecule has 0 radical (unpaired) electrons. The summed E-state index contributed by atoms with van der Waals surface area (Å²) < 4.78 is 7.73. The highest BCUT2D eigenvalue weighted by Crippen LogP contribution is 2.29. The standard InChI is InChI=1S/C17H19N3O/c1-3-18-13-9-10-17-19-15(12-20(17)11-13)14-7-5-6-8-16(14)21-4-2/h5-12,18H,3-4H2,1-2H3. The van der Waals surface area contributed by atoms with Crippen molar-refractivity contribution in [1.82, 2.24) is 9.38 Å². The zero-order chi connectivity index (χ0) is 14.7. The Morgan fingerprint density at radius 3 is 2.76 bits per heavy atom. The smallest absolute Gasteiger partial charge is 0.137 e. The summed E-state index contributed by atoms with van der Waals surface area (Å²) in [6.07, 6.45) is 4.09. The van der Waals surface area contributed by atoms with Crippen molar-refractivity contribution in [2.75, 3.05) is 18.5 Å². The Bertz CT molecular complexity index is 749. The second kappa shape index (κ2) is 5.87. The fourth-order valence-electron chi connectivity index (χ4n) is 2.39. The molecule has 0 aliphatic heterocycles. The van der Waals surface area contributed by atoms with Crippen molar-refractivity contribution < 1.29 is 4.74 Å². The molecule has 0 saturated heterocycles. The summed E-state index contributed by atoms with van der Waals surface area (Å²) in [6, 6.07) is 12.1. The van der Waals surface area contributed by atoms with Crippen LogP contribution in [-0.4, -0.2) is 22.5 Å². The number of pyridine rings is 1. The van der Waals surface area contributed by atoms with Gasteiger partial charge in [-0.25, -0.2) is 4.98 Å². The van der Waals surface area contributed by atoms with E-state index in [1.165, 1.54) is 0 Å². The van der Waals surface area contributed by atoms with Crippen LogP contribution in [0.1, 0.15) is 13.8 Å². The quantitative estimate of drug-likeness (QED) is 0.772. The maximum Gasteiger partial charge on any atom is 0.137 e. The van der Waals surface area contributed by atoms with Gasteiger partial charge in [0.15, 0.2) is 0 Å². The van der Waals surface area contributed by atoms with Gasteiger partial charge in [0.05, 0.1) is 18.0 Å². The molecule has 2 heterocycles. The molecular formula is C17H19N3O. The minimum atomic E-state index is 0.648. The molecule has 4 nitrogen and oxygen atoms in total. The van der Waals surface area contributed by atoms with Gasteiger partial charge in [-0.15, -0.1) is 0 Å². The number of hydrogen-bond acceptors (Lipinski definition) is 3. The molecule has 4 heteroatoms. The average molecular weight is 281 g/mol. The molecule has 0 atom stereocenters. The van der Waals surface area contributed by atoms with E-state index in [-0.39, 0.29) is 0 Å². The van der Waals surface area contributed by atoms with Crippen molar-refractivity contribution >= 4 is 11.3 Å². The summed E-state index contributed by atoms with van der Waals surface area (Å²) >= 11 is 0. The maximum absolute atomic E-state index is 5.69. The third-order valence-corrected chi connectivity index (χ3v) is 3.29. The number of imidazole rings is 1. The van der Waals surface area contributed by atoms with Crippen LogP contribution in [-0.2, 0) is 0 Å². The van der Waals surface area contributed by atoms with Crippen LogP contribution in [0.2, 0.25) is 0 Å². The third kappa shape index (κ3) is 2.70. The van der Waals surface area contributed by atoms with Gasteiger partial charge in [-0.1, -0.05) is 12.1 Å². The molecule has 0 fully saturated rings.